The summed E-state index contributed by atoms with van der Waals surface area (Å²) < 4.78 is 35.2. The summed E-state index contributed by atoms with van der Waals surface area (Å²) in [5, 5.41) is 4.24. The fourth-order valence-electron chi connectivity index (χ4n) is 3.80. The summed E-state index contributed by atoms with van der Waals surface area (Å²) in [5.41, 5.74) is 1.70. The van der Waals surface area contributed by atoms with E-state index in [1.807, 2.05) is 12.1 Å². The third-order valence-corrected chi connectivity index (χ3v) is 7.80. The van der Waals surface area contributed by atoms with Crippen molar-refractivity contribution in [2.24, 2.45) is 7.05 Å². The number of amides is 1. The zero-order valence-corrected chi connectivity index (χ0v) is 19.6. The van der Waals surface area contributed by atoms with Crippen LogP contribution in [0.1, 0.15) is 47.9 Å². The van der Waals surface area contributed by atoms with Crippen LogP contribution in [0.25, 0.3) is 0 Å². The molecule has 2 heterocycles. The van der Waals surface area contributed by atoms with Crippen molar-refractivity contribution in [1.29, 1.82) is 0 Å². The molecule has 0 radical (unpaired) electrons. The minimum Gasteiger partial charge on any atom is -0.494 e. The zero-order valence-electron chi connectivity index (χ0n) is 18.8. The van der Waals surface area contributed by atoms with Gasteiger partial charge in [-0.1, -0.05) is 13.3 Å². The molecule has 1 aromatic carbocycles. The highest BCUT2D eigenvalue weighted by atomic mass is 32.2. The van der Waals surface area contributed by atoms with Gasteiger partial charge in [0.1, 0.15) is 10.6 Å². The van der Waals surface area contributed by atoms with E-state index in [0.29, 0.717) is 49.6 Å². The van der Waals surface area contributed by atoms with Gasteiger partial charge in [0.2, 0.25) is 10.0 Å². The molecular formula is C22H32N4O4S. The van der Waals surface area contributed by atoms with E-state index in [1.165, 1.54) is 4.31 Å². The van der Waals surface area contributed by atoms with E-state index in [0.717, 1.165) is 18.6 Å². The zero-order chi connectivity index (χ0) is 22.6. The van der Waals surface area contributed by atoms with Gasteiger partial charge in [-0.3, -0.25) is 9.48 Å². The van der Waals surface area contributed by atoms with Crippen LogP contribution in [0, 0.1) is 13.8 Å². The minimum atomic E-state index is -3.66. The Morgan fingerprint density at radius 3 is 2.42 bits per heavy atom. The van der Waals surface area contributed by atoms with Crippen LogP contribution in [0.5, 0.6) is 5.75 Å². The summed E-state index contributed by atoms with van der Waals surface area (Å²) in [6.45, 7) is 7.76. The molecule has 1 aliphatic heterocycles. The molecule has 0 bridgehead atoms. The Morgan fingerprint density at radius 2 is 1.81 bits per heavy atom. The quantitative estimate of drug-likeness (QED) is 0.608. The van der Waals surface area contributed by atoms with Crippen molar-refractivity contribution in [3.05, 3.63) is 41.2 Å². The number of ether oxygens (including phenoxy) is 1. The number of hydrogen-bond acceptors (Lipinski definition) is 5. The summed E-state index contributed by atoms with van der Waals surface area (Å²) in [5.74, 6) is 0.661. The number of aromatic nitrogens is 2. The van der Waals surface area contributed by atoms with E-state index < -0.39 is 10.0 Å². The van der Waals surface area contributed by atoms with Crippen LogP contribution >= 0.6 is 0 Å². The first-order valence-corrected chi connectivity index (χ1v) is 12.2. The Morgan fingerprint density at radius 1 is 1.10 bits per heavy atom. The summed E-state index contributed by atoms with van der Waals surface area (Å²) in [4.78, 5) is 15.0. The van der Waals surface area contributed by atoms with Gasteiger partial charge in [-0.25, -0.2) is 8.42 Å². The molecule has 2 aromatic rings. The Labute approximate surface area is 184 Å². The van der Waals surface area contributed by atoms with Crippen LogP contribution in [-0.2, 0) is 17.1 Å². The number of carbonyl (C=O) groups is 1. The van der Waals surface area contributed by atoms with Crippen molar-refractivity contribution in [2.75, 3.05) is 32.8 Å². The van der Waals surface area contributed by atoms with E-state index in [1.54, 1.807) is 42.6 Å². The number of hydrogen-bond donors (Lipinski definition) is 0. The van der Waals surface area contributed by atoms with Gasteiger partial charge in [0.25, 0.3) is 5.91 Å². The van der Waals surface area contributed by atoms with Crippen molar-refractivity contribution >= 4 is 15.9 Å². The van der Waals surface area contributed by atoms with Crippen molar-refractivity contribution in [2.45, 2.75) is 44.9 Å². The summed E-state index contributed by atoms with van der Waals surface area (Å²) in [6.07, 6.45) is 2.64. The molecule has 9 heteroatoms. The van der Waals surface area contributed by atoms with Gasteiger partial charge in [-0.2, -0.15) is 9.40 Å². The predicted molar refractivity (Wildman–Crippen MR) is 119 cm³/mol. The van der Waals surface area contributed by atoms with Gasteiger partial charge in [-0.15, -0.1) is 0 Å². The van der Waals surface area contributed by atoms with Gasteiger partial charge in [0.15, 0.2) is 0 Å². The molecule has 1 amide bonds. The van der Waals surface area contributed by atoms with Crippen LogP contribution in [0.15, 0.2) is 29.2 Å². The lowest BCUT2D eigenvalue weighted by Crippen LogP contribution is -2.37. The second-order valence-corrected chi connectivity index (χ2v) is 9.77. The maximum absolute atomic E-state index is 13.2. The Kier molecular flexibility index (Phi) is 7.38. The molecule has 31 heavy (non-hydrogen) atoms. The molecule has 0 N–H and O–H groups in total. The number of aryl methyl sites for hydroxylation is 2. The van der Waals surface area contributed by atoms with Crippen molar-refractivity contribution in [1.82, 2.24) is 19.0 Å². The number of unbranched alkanes of at least 4 members (excludes halogenated alkanes) is 1. The molecule has 8 nitrogen and oxygen atoms in total. The van der Waals surface area contributed by atoms with Crippen LogP contribution in [0.3, 0.4) is 0 Å². The van der Waals surface area contributed by atoms with E-state index in [9.17, 15) is 13.2 Å². The normalized spacial score (nSPS) is 15.7. The fraction of sp³-hybridized carbons (Fsp3) is 0.545. The standard InChI is InChI=1S/C22H32N4O4S/c1-5-6-16-30-20-10-8-19(9-11-20)22(27)25-12-7-13-26(15-14-25)31(28,29)21-17(2)23-24(4)18(21)3/h8-11H,5-7,12-16H2,1-4H3. The number of nitrogens with zero attached hydrogens (tertiary/aromatic N) is 4. The van der Waals surface area contributed by atoms with E-state index >= 15 is 0 Å². The lowest BCUT2D eigenvalue weighted by atomic mass is 10.2. The molecule has 1 aliphatic rings. The maximum Gasteiger partial charge on any atom is 0.253 e. The first-order chi connectivity index (χ1) is 14.8. The van der Waals surface area contributed by atoms with Gasteiger partial charge < -0.3 is 9.64 Å². The van der Waals surface area contributed by atoms with E-state index in [2.05, 4.69) is 12.0 Å². The van der Waals surface area contributed by atoms with Gasteiger partial charge in [0.05, 0.1) is 18.0 Å². The number of sulfonamides is 1. The number of benzene rings is 1. The second kappa shape index (κ2) is 9.82. The Balaban J connectivity index is 1.67. The van der Waals surface area contributed by atoms with Crippen LogP contribution in [0.4, 0.5) is 0 Å². The highest BCUT2D eigenvalue weighted by Gasteiger charge is 2.32. The average molecular weight is 449 g/mol. The first kappa shape index (κ1) is 23.3. The van der Waals surface area contributed by atoms with Crippen molar-refractivity contribution in [3.63, 3.8) is 0 Å². The highest BCUT2D eigenvalue weighted by Crippen LogP contribution is 2.24. The second-order valence-electron chi connectivity index (χ2n) is 7.90. The number of rotatable bonds is 7. The molecule has 0 aliphatic carbocycles. The summed E-state index contributed by atoms with van der Waals surface area (Å²) in [6, 6.07) is 7.16. The van der Waals surface area contributed by atoms with Crippen LogP contribution in [0.2, 0.25) is 0 Å². The summed E-state index contributed by atoms with van der Waals surface area (Å²) >= 11 is 0. The van der Waals surface area contributed by atoms with Gasteiger partial charge in [0, 0.05) is 38.8 Å². The van der Waals surface area contributed by atoms with Gasteiger partial charge >= 0.3 is 0 Å². The Bertz CT molecular complexity index is 1010. The molecule has 170 valence electrons. The molecule has 0 unspecified atom stereocenters. The van der Waals surface area contributed by atoms with Crippen molar-refractivity contribution < 1.29 is 17.9 Å². The summed E-state index contributed by atoms with van der Waals surface area (Å²) in [7, 11) is -1.92. The maximum atomic E-state index is 13.2. The molecular weight excluding hydrogens is 416 g/mol. The largest absolute Gasteiger partial charge is 0.494 e. The fourth-order valence-corrected chi connectivity index (χ4v) is 5.67. The molecule has 0 saturated carbocycles. The lowest BCUT2D eigenvalue weighted by molar-refractivity contribution is 0.0764. The van der Waals surface area contributed by atoms with Crippen LogP contribution in [-0.4, -0.2) is 66.1 Å². The third kappa shape index (κ3) is 5.10. The molecule has 1 saturated heterocycles. The Hall–Kier alpha value is -2.39. The molecule has 1 aromatic heterocycles. The number of carbonyl (C=O) groups excluding carboxylic acids is 1. The highest BCUT2D eigenvalue weighted by molar-refractivity contribution is 7.89. The average Bonchev–Trinajstić information content (AvgIpc) is 2.91. The van der Waals surface area contributed by atoms with E-state index in [-0.39, 0.29) is 17.3 Å². The monoisotopic (exact) mass is 448 g/mol. The van der Waals surface area contributed by atoms with E-state index in [4.69, 9.17) is 4.74 Å². The van der Waals surface area contributed by atoms with Crippen molar-refractivity contribution in [3.8, 4) is 5.75 Å². The smallest absolute Gasteiger partial charge is 0.253 e. The molecule has 0 atom stereocenters. The third-order valence-electron chi connectivity index (χ3n) is 5.65. The topological polar surface area (TPSA) is 84.7 Å². The molecule has 1 fully saturated rings. The first-order valence-electron chi connectivity index (χ1n) is 10.8. The predicted octanol–water partition coefficient (Wildman–Crippen LogP) is 2.75. The lowest BCUT2D eigenvalue weighted by Gasteiger charge is -2.22. The minimum absolute atomic E-state index is 0.0897. The SMILES string of the molecule is CCCCOc1ccc(C(=O)N2CCCN(S(=O)(=O)c3c(C)nn(C)c3C)CC2)cc1. The molecule has 3 rings (SSSR count). The van der Waals surface area contributed by atoms with Crippen LogP contribution < -0.4 is 4.74 Å². The molecule has 0 spiro atoms. The van der Waals surface area contributed by atoms with Gasteiger partial charge in [-0.05, 0) is 51.0 Å².